The van der Waals surface area contributed by atoms with Gasteiger partial charge in [0, 0.05) is 17.5 Å². The summed E-state index contributed by atoms with van der Waals surface area (Å²) in [7, 11) is 0. The van der Waals surface area contributed by atoms with Gasteiger partial charge in [0.25, 0.3) is 5.91 Å². The lowest BCUT2D eigenvalue weighted by molar-refractivity contribution is -0.137. The smallest absolute Gasteiger partial charge is 0.417 e. The van der Waals surface area contributed by atoms with E-state index in [1.54, 1.807) is 24.3 Å². The number of benzene rings is 2. The third-order valence-electron chi connectivity index (χ3n) is 4.02. The van der Waals surface area contributed by atoms with E-state index < -0.39 is 17.6 Å². The van der Waals surface area contributed by atoms with Crippen LogP contribution >= 0.6 is 22.9 Å². The molecule has 2 aromatic carbocycles. The Balaban J connectivity index is 1.58. The van der Waals surface area contributed by atoms with Crippen LogP contribution in [0.25, 0.3) is 0 Å². The molecular weight excluding hydrogens is 453 g/mol. The molecule has 10 heteroatoms. The number of aromatic nitrogens is 1. The summed E-state index contributed by atoms with van der Waals surface area (Å²) in [6, 6.07) is 10.8. The maximum Gasteiger partial charge on any atom is 0.417 e. The molecule has 0 atom stereocenters. The van der Waals surface area contributed by atoms with E-state index in [1.165, 1.54) is 29.7 Å². The van der Waals surface area contributed by atoms with Crippen molar-refractivity contribution >= 4 is 34.0 Å². The molecule has 0 bridgehead atoms. The predicted octanol–water partition coefficient (Wildman–Crippen LogP) is 5.82. The summed E-state index contributed by atoms with van der Waals surface area (Å²) >= 11 is 6.82. The summed E-state index contributed by atoms with van der Waals surface area (Å²) in [5.41, 5.74) is -0.441. The highest BCUT2D eigenvalue weighted by Crippen LogP contribution is 2.35. The molecule has 0 saturated heterocycles. The molecular formula is C21H18ClF3N2O3S. The van der Waals surface area contributed by atoms with Crippen LogP contribution in [0.3, 0.4) is 0 Å². The second kappa shape index (κ2) is 10.0. The molecule has 0 aliphatic carbocycles. The summed E-state index contributed by atoms with van der Waals surface area (Å²) in [5, 5.41) is 2.59. The number of hydrogen-bond donors (Lipinski definition) is 1. The molecule has 5 nitrogen and oxygen atoms in total. The molecule has 0 aliphatic heterocycles. The first-order chi connectivity index (χ1) is 14.8. The highest BCUT2D eigenvalue weighted by Gasteiger charge is 2.33. The van der Waals surface area contributed by atoms with Crippen molar-refractivity contribution in [2.75, 3.05) is 18.5 Å². The molecule has 0 spiro atoms. The second-order valence-electron chi connectivity index (χ2n) is 6.34. The minimum absolute atomic E-state index is 0.228. The van der Waals surface area contributed by atoms with Crippen LogP contribution in [0.2, 0.25) is 5.02 Å². The van der Waals surface area contributed by atoms with Crippen molar-refractivity contribution in [3.8, 4) is 11.5 Å². The summed E-state index contributed by atoms with van der Waals surface area (Å²) in [6.45, 7) is 2.06. The monoisotopic (exact) mass is 470 g/mol. The maximum atomic E-state index is 13.0. The Kier molecular flexibility index (Phi) is 7.40. The predicted molar refractivity (Wildman–Crippen MR) is 113 cm³/mol. The molecule has 31 heavy (non-hydrogen) atoms. The van der Waals surface area contributed by atoms with Crippen LogP contribution in [0, 0.1) is 0 Å². The molecule has 3 aromatic rings. The number of thiazole rings is 1. The van der Waals surface area contributed by atoms with Crippen LogP contribution in [0.4, 0.5) is 18.3 Å². The van der Waals surface area contributed by atoms with E-state index in [4.69, 9.17) is 21.1 Å². The van der Waals surface area contributed by atoms with Gasteiger partial charge in [-0.05, 0) is 36.8 Å². The van der Waals surface area contributed by atoms with Gasteiger partial charge in [-0.1, -0.05) is 29.8 Å². The molecule has 0 aliphatic rings. The molecule has 1 heterocycles. The number of carbonyl (C=O) groups excluding carboxylic acids is 1. The number of para-hydroxylation sites is 2. The Hall–Kier alpha value is -2.78. The average Bonchev–Trinajstić information content (AvgIpc) is 3.15. The van der Waals surface area contributed by atoms with Gasteiger partial charge in [-0.15, -0.1) is 11.3 Å². The van der Waals surface area contributed by atoms with Gasteiger partial charge in [0.2, 0.25) is 0 Å². The highest BCUT2D eigenvalue weighted by atomic mass is 35.5. The zero-order valence-corrected chi connectivity index (χ0v) is 17.9. The molecule has 1 amide bonds. The summed E-state index contributed by atoms with van der Waals surface area (Å²) < 4.78 is 50.0. The van der Waals surface area contributed by atoms with Crippen molar-refractivity contribution in [3.63, 3.8) is 0 Å². The number of rotatable bonds is 8. The summed E-state index contributed by atoms with van der Waals surface area (Å²) in [5.74, 6) is 0.566. The largest absolute Gasteiger partial charge is 0.490 e. The van der Waals surface area contributed by atoms with E-state index in [0.29, 0.717) is 33.7 Å². The average molecular weight is 471 g/mol. The fourth-order valence-electron chi connectivity index (χ4n) is 2.69. The van der Waals surface area contributed by atoms with Crippen molar-refractivity contribution in [1.29, 1.82) is 0 Å². The number of nitrogens with one attached hydrogen (secondary N) is 1. The molecule has 1 N–H and O–H groups in total. The highest BCUT2D eigenvalue weighted by molar-refractivity contribution is 7.15. The number of nitrogens with zero attached hydrogens (tertiary/aromatic N) is 1. The van der Waals surface area contributed by atoms with E-state index in [2.05, 4.69) is 10.3 Å². The summed E-state index contributed by atoms with van der Waals surface area (Å²) in [4.78, 5) is 17.0. The lowest BCUT2D eigenvalue weighted by Gasteiger charge is -2.11. The molecule has 3 rings (SSSR count). The number of halogens is 4. The van der Waals surface area contributed by atoms with Gasteiger partial charge in [-0.3, -0.25) is 10.1 Å². The Bertz CT molecular complexity index is 1060. The first-order valence-corrected chi connectivity index (χ1v) is 10.4. The van der Waals surface area contributed by atoms with Crippen LogP contribution < -0.4 is 14.8 Å². The number of carbonyl (C=O) groups is 1. The van der Waals surface area contributed by atoms with Crippen molar-refractivity contribution < 1.29 is 27.4 Å². The normalized spacial score (nSPS) is 11.3. The van der Waals surface area contributed by atoms with Gasteiger partial charge < -0.3 is 9.47 Å². The Morgan fingerprint density at radius 2 is 1.87 bits per heavy atom. The van der Waals surface area contributed by atoms with Crippen LogP contribution in [0.15, 0.2) is 48.7 Å². The summed E-state index contributed by atoms with van der Waals surface area (Å²) in [6.07, 6.45) is -2.79. The molecule has 0 unspecified atom stereocenters. The Labute approximate surface area is 185 Å². The standard InChI is InChI=1S/C21H18ClF3N2O3S/c1-2-29-17-5-3-4-6-18(17)30-12-19(28)27-20-26-11-14(31-20)9-13-7-8-16(22)15(10-13)21(23,24)25/h3-8,10-11H,2,9,12H2,1H3,(H,26,27,28). The third kappa shape index (κ3) is 6.35. The molecule has 1 aromatic heterocycles. The molecule has 164 valence electrons. The van der Waals surface area contributed by atoms with Crippen molar-refractivity contribution in [1.82, 2.24) is 4.98 Å². The lowest BCUT2D eigenvalue weighted by atomic mass is 10.1. The number of ether oxygens (including phenoxy) is 2. The fourth-order valence-corrected chi connectivity index (χ4v) is 3.78. The quantitative estimate of drug-likeness (QED) is 0.450. The molecule has 0 saturated carbocycles. The van der Waals surface area contributed by atoms with Crippen LogP contribution in [-0.2, 0) is 17.4 Å². The number of amides is 1. The second-order valence-corrected chi connectivity index (χ2v) is 7.86. The third-order valence-corrected chi connectivity index (χ3v) is 5.26. The number of anilines is 1. The van der Waals surface area contributed by atoms with Gasteiger partial charge in [-0.25, -0.2) is 4.98 Å². The minimum atomic E-state index is -4.53. The molecule has 0 fully saturated rings. The zero-order chi connectivity index (χ0) is 22.4. The number of alkyl halides is 3. The minimum Gasteiger partial charge on any atom is -0.490 e. The first kappa shape index (κ1) is 22.9. The van der Waals surface area contributed by atoms with E-state index in [1.807, 2.05) is 6.92 Å². The van der Waals surface area contributed by atoms with Crippen molar-refractivity contribution in [3.05, 3.63) is 69.7 Å². The van der Waals surface area contributed by atoms with E-state index >= 15 is 0 Å². The van der Waals surface area contributed by atoms with Crippen LogP contribution in [0.1, 0.15) is 22.9 Å². The van der Waals surface area contributed by atoms with Gasteiger partial charge in [0.05, 0.1) is 17.2 Å². The lowest BCUT2D eigenvalue weighted by Crippen LogP contribution is -2.20. The fraction of sp³-hybridized carbons (Fsp3) is 0.238. The van der Waals surface area contributed by atoms with Crippen LogP contribution in [-0.4, -0.2) is 24.1 Å². The van der Waals surface area contributed by atoms with Gasteiger partial charge in [-0.2, -0.15) is 13.2 Å². The Morgan fingerprint density at radius 3 is 2.55 bits per heavy atom. The maximum absolute atomic E-state index is 13.0. The number of hydrogen-bond acceptors (Lipinski definition) is 5. The zero-order valence-electron chi connectivity index (χ0n) is 16.3. The first-order valence-electron chi connectivity index (χ1n) is 9.21. The van der Waals surface area contributed by atoms with Gasteiger partial charge in [0.15, 0.2) is 23.2 Å². The molecule has 0 radical (unpaired) electrons. The van der Waals surface area contributed by atoms with Crippen LogP contribution in [0.5, 0.6) is 11.5 Å². The SMILES string of the molecule is CCOc1ccccc1OCC(=O)Nc1ncc(Cc2ccc(Cl)c(C(F)(F)F)c2)s1. The van der Waals surface area contributed by atoms with E-state index in [9.17, 15) is 18.0 Å². The van der Waals surface area contributed by atoms with Crippen molar-refractivity contribution in [2.24, 2.45) is 0 Å². The Morgan fingerprint density at radius 1 is 1.16 bits per heavy atom. The van der Waals surface area contributed by atoms with Gasteiger partial charge in [0.1, 0.15) is 0 Å². The van der Waals surface area contributed by atoms with E-state index in [0.717, 1.165) is 6.07 Å². The van der Waals surface area contributed by atoms with Crippen molar-refractivity contribution in [2.45, 2.75) is 19.5 Å². The topological polar surface area (TPSA) is 60.5 Å². The van der Waals surface area contributed by atoms with Gasteiger partial charge >= 0.3 is 6.18 Å². The van der Waals surface area contributed by atoms with E-state index in [-0.39, 0.29) is 18.1 Å².